The van der Waals surface area contributed by atoms with Gasteiger partial charge >= 0.3 is 0 Å². The largest absolute Gasteiger partial charge is 0.493 e. The first-order valence-electron chi connectivity index (χ1n) is 7.84. The molecule has 1 aromatic rings. The molecule has 1 heterocycles. The lowest BCUT2D eigenvalue weighted by Crippen LogP contribution is -2.14. The highest BCUT2D eigenvalue weighted by Gasteiger charge is 2.40. The highest BCUT2D eigenvalue weighted by molar-refractivity contribution is 6.30. The average Bonchev–Trinajstić information content (AvgIpc) is 3.12. The first-order chi connectivity index (χ1) is 9.70. The maximum Gasteiger partial charge on any atom is 0.128 e. The van der Waals surface area contributed by atoms with Crippen LogP contribution in [0.5, 0.6) is 5.75 Å². The molecule has 1 aliphatic heterocycles. The summed E-state index contributed by atoms with van der Waals surface area (Å²) in [7, 11) is 0. The van der Waals surface area contributed by atoms with Gasteiger partial charge in [0.2, 0.25) is 0 Å². The van der Waals surface area contributed by atoms with Gasteiger partial charge < -0.3 is 9.84 Å². The van der Waals surface area contributed by atoms with Crippen LogP contribution in [-0.2, 0) is 6.42 Å². The van der Waals surface area contributed by atoms with Gasteiger partial charge in [-0.3, -0.25) is 0 Å². The van der Waals surface area contributed by atoms with E-state index in [0.717, 1.165) is 46.6 Å². The van der Waals surface area contributed by atoms with Gasteiger partial charge in [-0.25, -0.2) is 0 Å². The Balaban J connectivity index is 1.55. The van der Waals surface area contributed by atoms with E-state index in [-0.39, 0.29) is 0 Å². The van der Waals surface area contributed by atoms with Crippen LogP contribution in [0.25, 0.3) is 0 Å². The number of hydrogen-bond acceptors (Lipinski definition) is 2. The van der Waals surface area contributed by atoms with Crippen LogP contribution >= 0.6 is 11.6 Å². The van der Waals surface area contributed by atoms with Crippen LogP contribution in [-0.4, -0.2) is 11.7 Å². The summed E-state index contributed by atoms with van der Waals surface area (Å²) in [5.41, 5.74) is 2.06. The van der Waals surface area contributed by atoms with E-state index in [1.165, 1.54) is 25.7 Å². The summed E-state index contributed by atoms with van der Waals surface area (Å²) < 4.78 is 5.71. The Morgan fingerprint density at radius 2 is 2.20 bits per heavy atom. The molecule has 2 saturated carbocycles. The zero-order valence-electron chi connectivity index (χ0n) is 11.6. The van der Waals surface area contributed by atoms with Gasteiger partial charge in [0.1, 0.15) is 5.75 Å². The molecule has 0 radical (unpaired) electrons. The predicted octanol–water partition coefficient (Wildman–Crippen LogP) is 4.13. The monoisotopic (exact) mass is 292 g/mol. The first-order valence-corrected chi connectivity index (χ1v) is 8.21. The fourth-order valence-corrected chi connectivity index (χ4v) is 4.87. The molecular formula is C17H21ClO2. The van der Waals surface area contributed by atoms with Gasteiger partial charge in [0.05, 0.1) is 12.7 Å². The second-order valence-corrected chi connectivity index (χ2v) is 7.20. The van der Waals surface area contributed by atoms with Crippen molar-refractivity contribution < 1.29 is 9.84 Å². The van der Waals surface area contributed by atoms with Crippen molar-refractivity contribution in [2.45, 2.75) is 44.6 Å². The lowest BCUT2D eigenvalue weighted by molar-refractivity contribution is 0.122. The minimum absolute atomic E-state index is 0.426. The third-order valence-electron chi connectivity index (χ3n) is 5.55. The Morgan fingerprint density at radius 1 is 1.30 bits per heavy atom. The Morgan fingerprint density at radius 3 is 2.95 bits per heavy atom. The topological polar surface area (TPSA) is 29.5 Å². The molecule has 1 aromatic carbocycles. The fourth-order valence-electron chi connectivity index (χ4n) is 4.62. The van der Waals surface area contributed by atoms with Crippen molar-refractivity contribution in [3.05, 3.63) is 28.3 Å². The highest BCUT2D eigenvalue weighted by Crippen LogP contribution is 2.51. The molecule has 0 saturated heterocycles. The standard InChI is InChI=1S/C17H21ClO2/c18-14-7-12-3-4-20-17(12)15(9-14)16(19)8-13-6-10-1-2-11(13)5-10/h7,9-11,13,16,19H,1-6,8H2. The van der Waals surface area contributed by atoms with Crippen molar-refractivity contribution in [1.82, 2.24) is 0 Å². The number of aliphatic hydroxyl groups is 1. The van der Waals surface area contributed by atoms with Crippen LogP contribution in [0.4, 0.5) is 0 Å². The van der Waals surface area contributed by atoms with Gasteiger partial charge in [-0.1, -0.05) is 18.0 Å². The zero-order valence-corrected chi connectivity index (χ0v) is 12.4. The van der Waals surface area contributed by atoms with Crippen LogP contribution < -0.4 is 4.74 Å². The first kappa shape index (κ1) is 13.0. The lowest BCUT2D eigenvalue weighted by Gasteiger charge is -2.25. The minimum atomic E-state index is -0.426. The number of rotatable bonds is 3. The fraction of sp³-hybridized carbons (Fsp3) is 0.647. The van der Waals surface area contributed by atoms with Crippen molar-refractivity contribution in [2.75, 3.05) is 6.61 Å². The third kappa shape index (κ3) is 2.14. The van der Waals surface area contributed by atoms with Gasteiger partial charge in [0.25, 0.3) is 0 Å². The van der Waals surface area contributed by atoms with E-state index in [4.69, 9.17) is 16.3 Å². The van der Waals surface area contributed by atoms with Crippen LogP contribution in [0.3, 0.4) is 0 Å². The molecule has 4 unspecified atom stereocenters. The molecule has 2 bridgehead atoms. The van der Waals surface area contributed by atoms with Crippen molar-refractivity contribution in [3.8, 4) is 5.75 Å². The number of benzene rings is 1. The number of hydrogen-bond donors (Lipinski definition) is 1. The molecule has 3 heteroatoms. The quantitative estimate of drug-likeness (QED) is 0.907. The summed E-state index contributed by atoms with van der Waals surface area (Å²) >= 11 is 6.19. The maximum absolute atomic E-state index is 10.7. The minimum Gasteiger partial charge on any atom is -0.493 e. The van der Waals surface area contributed by atoms with Crippen molar-refractivity contribution in [2.24, 2.45) is 17.8 Å². The van der Waals surface area contributed by atoms with Gasteiger partial charge in [-0.2, -0.15) is 0 Å². The molecule has 4 rings (SSSR count). The summed E-state index contributed by atoms with van der Waals surface area (Å²) in [6, 6.07) is 3.86. The third-order valence-corrected chi connectivity index (χ3v) is 5.76. The smallest absolute Gasteiger partial charge is 0.128 e. The van der Waals surface area contributed by atoms with E-state index < -0.39 is 6.10 Å². The molecule has 0 spiro atoms. The molecule has 2 fully saturated rings. The molecule has 0 aromatic heterocycles. The molecule has 1 N–H and O–H groups in total. The number of ether oxygens (including phenoxy) is 1. The second-order valence-electron chi connectivity index (χ2n) is 6.77. The summed E-state index contributed by atoms with van der Waals surface area (Å²) in [5, 5.41) is 11.4. The Bertz CT molecular complexity index is 528. The average molecular weight is 293 g/mol. The number of halogens is 1. The molecule has 2 aliphatic carbocycles. The van der Waals surface area contributed by atoms with Gasteiger partial charge in [0.15, 0.2) is 0 Å². The normalized spacial score (nSPS) is 32.2. The lowest BCUT2D eigenvalue weighted by atomic mass is 9.83. The summed E-state index contributed by atoms with van der Waals surface area (Å²) in [6.45, 7) is 0.712. The van der Waals surface area contributed by atoms with Gasteiger partial charge in [-0.15, -0.1) is 0 Å². The molecule has 4 atom stereocenters. The Kier molecular flexibility index (Phi) is 3.19. The Labute approximate surface area is 125 Å². The molecule has 108 valence electrons. The molecule has 0 amide bonds. The Hall–Kier alpha value is -0.730. The van der Waals surface area contributed by atoms with Crippen molar-refractivity contribution in [3.63, 3.8) is 0 Å². The van der Waals surface area contributed by atoms with E-state index in [0.29, 0.717) is 12.5 Å². The van der Waals surface area contributed by atoms with E-state index in [1.54, 1.807) is 0 Å². The number of fused-ring (bicyclic) bond motifs is 3. The summed E-state index contributed by atoms with van der Waals surface area (Å²) in [5.74, 6) is 3.37. The van der Waals surface area contributed by atoms with Crippen molar-refractivity contribution >= 4 is 11.6 Å². The van der Waals surface area contributed by atoms with Gasteiger partial charge in [-0.05, 0) is 61.1 Å². The van der Waals surface area contributed by atoms with E-state index in [1.807, 2.05) is 12.1 Å². The van der Waals surface area contributed by atoms with E-state index in [2.05, 4.69) is 0 Å². The molecular weight excluding hydrogens is 272 g/mol. The van der Waals surface area contributed by atoms with Crippen molar-refractivity contribution in [1.29, 1.82) is 0 Å². The predicted molar refractivity (Wildman–Crippen MR) is 79.2 cm³/mol. The molecule has 20 heavy (non-hydrogen) atoms. The van der Waals surface area contributed by atoms with E-state index >= 15 is 0 Å². The SMILES string of the molecule is OC(CC1CC2CCC1C2)c1cc(Cl)cc2c1OCC2. The summed E-state index contributed by atoms with van der Waals surface area (Å²) in [6.07, 6.45) is 6.83. The van der Waals surface area contributed by atoms with Crippen LogP contribution in [0, 0.1) is 17.8 Å². The zero-order chi connectivity index (χ0) is 13.7. The highest BCUT2D eigenvalue weighted by atomic mass is 35.5. The molecule has 2 nitrogen and oxygen atoms in total. The van der Waals surface area contributed by atoms with Crippen LogP contribution in [0.1, 0.15) is 49.3 Å². The van der Waals surface area contributed by atoms with Crippen LogP contribution in [0.15, 0.2) is 12.1 Å². The summed E-state index contributed by atoms with van der Waals surface area (Å²) in [4.78, 5) is 0. The van der Waals surface area contributed by atoms with Crippen LogP contribution in [0.2, 0.25) is 5.02 Å². The van der Waals surface area contributed by atoms with Gasteiger partial charge in [0, 0.05) is 17.0 Å². The molecule has 3 aliphatic rings. The van der Waals surface area contributed by atoms with E-state index in [9.17, 15) is 5.11 Å². The second kappa shape index (κ2) is 4.92. The maximum atomic E-state index is 10.7. The number of aliphatic hydroxyl groups excluding tert-OH is 1.